The van der Waals surface area contributed by atoms with Crippen LogP contribution in [-0.4, -0.2) is 58.7 Å². The molecule has 8 rings (SSSR count). The molecule has 0 radical (unpaired) electrons. The van der Waals surface area contributed by atoms with Crippen LogP contribution >= 0.6 is 0 Å². The van der Waals surface area contributed by atoms with Crippen molar-refractivity contribution < 1.29 is 14.9 Å². The standard InChI is InChI=1S/C29H43NO3/c1-17-11-24-25(30(15-17)9-10-31)23-14-28-16-27(28)13-22-20(21(27)6-8-29(23,28)33-24)4-3-18-12-19(32)5-7-26(18,22)2/h3,17,19-25,31-32H,4-16H2,1-2H3/t17-,19-,20-,21-,22-,23+,24+,25-,26-,27?,28?,29?/m0/s1. The van der Waals surface area contributed by atoms with Crippen LogP contribution in [0.15, 0.2) is 11.6 Å². The van der Waals surface area contributed by atoms with Gasteiger partial charge in [0, 0.05) is 30.5 Å². The zero-order chi connectivity index (χ0) is 22.4. The van der Waals surface area contributed by atoms with Gasteiger partial charge in [0.1, 0.15) is 0 Å². The fourth-order valence-electron chi connectivity index (χ4n) is 12.3. The van der Waals surface area contributed by atoms with Crippen LogP contribution < -0.4 is 0 Å². The highest BCUT2D eigenvalue weighted by atomic mass is 16.5. The van der Waals surface area contributed by atoms with Crippen LogP contribution in [0, 0.1) is 45.8 Å². The summed E-state index contributed by atoms with van der Waals surface area (Å²) in [6.07, 6.45) is 15.5. The molecule has 0 aromatic rings. The lowest BCUT2D eigenvalue weighted by Gasteiger charge is -2.60. The molecule has 182 valence electrons. The van der Waals surface area contributed by atoms with E-state index in [-0.39, 0.29) is 18.3 Å². The average molecular weight is 454 g/mol. The van der Waals surface area contributed by atoms with Crippen LogP contribution in [0.2, 0.25) is 0 Å². The predicted octanol–water partition coefficient (Wildman–Crippen LogP) is 4.15. The van der Waals surface area contributed by atoms with Gasteiger partial charge < -0.3 is 14.9 Å². The Balaban J connectivity index is 1.12. The van der Waals surface area contributed by atoms with Crippen LogP contribution in [-0.2, 0) is 4.74 Å². The van der Waals surface area contributed by atoms with E-state index in [4.69, 9.17) is 4.74 Å². The van der Waals surface area contributed by atoms with E-state index in [1.807, 2.05) is 0 Å². The van der Waals surface area contributed by atoms with Gasteiger partial charge in [-0.25, -0.2) is 0 Å². The van der Waals surface area contributed by atoms with E-state index in [1.165, 1.54) is 51.4 Å². The van der Waals surface area contributed by atoms with Gasteiger partial charge in [-0.15, -0.1) is 0 Å². The molecule has 2 aliphatic heterocycles. The molecular weight excluding hydrogens is 410 g/mol. The second-order valence-corrected chi connectivity index (χ2v) is 14.2. The largest absolute Gasteiger partial charge is 0.395 e. The summed E-state index contributed by atoms with van der Waals surface area (Å²) in [6.45, 7) is 7.19. The number of piperidine rings is 1. The van der Waals surface area contributed by atoms with Gasteiger partial charge in [0.05, 0.1) is 24.4 Å². The predicted molar refractivity (Wildman–Crippen MR) is 126 cm³/mol. The van der Waals surface area contributed by atoms with E-state index >= 15 is 0 Å². The van der Waals surface area contributed by atoms with Gasteiger partial charge in [0.25, 0.3) is 0 Å². The number of aliphatic hydroxyl groups excluding tert-OH is 2. The van der Waals surface area contributed by atoms with Crippen molar-refractivity contribution >= 4 is 0 Å². The molecule has 6 aliphatic carbocycles. The molecule has 0 aromatic carbocycles. The molecule has 2 saturated heterocycles. The lowest BCUT2D eigenvalue weighted by Crippen LogP contribution is -2.64. The number of aliphatic hydroxyl groups is 2. The molecule has 12 atom stereocenters. The van der Waals surface area contributed by atoms with Crippen molar-refractivity contribution in [2.45, 2.75) is 102 Å². The molecule has 7 fully saturated rings. The lowest BCUT2D eigenvalue weighted by molar-refractivity contribution is -0.211. The molecule has 5 saturated carbocycles. The van der Waals surface area contributed by atoms with E-state index in [9.17, 15) is 10.2 Å². The van der Waals surface area contributed by atoms with Gasteiger partial charge in [-0.2, -0.15) is 0 Å². The van der Waals surface area contributed by atoms with Gasteiger partial charge in [-0.1, -0.05) is 25.5 Å². The molecule has 4 heteroatoms. The molecular formula is C29H43NO3. The van der Waals surface area contributed by atoms with Gasteiger partial charge >= 0.3 is 0 Å². The number of rotatable bonds is 2. The van der Waals surface area contributed by atoms with Gasteiger partial charge in [-0.05, 0) is 98.7 Å². The minimum Gasteiger partial charge on any atom is -0.395 e. The average Bonchev–Trinajstić information content (AvgIpc) is 3.25. The number of allylic oxidation sites excluding steroid dienone is 1. The highest BCUT2D eigenvalue weighted by Crippen LogP contribution is 2.93. The number of ether oxygens (including phenoxy) is 1. The third kappa shape index (κ3) is 2.18. The summed E-state index contributed by atoms with van der Waals surface area (Å²) in [4.78, 5) is 2.62. The van der Waals surface area contributed by atoms with E-state index < -0.39 is 0 Å². The Kier molecular flexibility index (Phi) is 3.95. The van der Waals surface area contributed by atoms with Gasteiger partial charge in [0.2, 0.25) is 0 Å². The van der Waals surface area contributed by atoms with E-state index in [2.05, 4.69) is 24.8 Å². The monoisotopic (exact) mass is 453 g/mol. The zero-order valence-corrected chi connectivity index (χ0v) is 20.6. The molecule has 3 unspecified atom stereocenters. The molecule has 33 heavy (non-hydrogen) atoms. The van der Waals surface area contributed by atoms with Crippen molar-refractivity contribution in [1.29, 1.82) is 0 Å². The normalized spacial score (nSPS) is 62.5. The maximum Gasteiger partial charge on any atom is 0.0793 e. The van der Waals surface area contributed by atoms with E-state index in [0.717, 1.165) is 43.7 Å². The summed E-state index contributed by atoms with van der Waals surface area (Å²) in [5.41, 5.74) is 3.13. The zero-order valence-electron chi connectivity index (χ0n) is 20.6. The second kappa shape index (κ2) is 6.28. The summed E-state index contributed by atoms with van der Waals surface area (Å²) in [5.74, 6) is 4.00. The number of β-amino-alcohol motifs (C(OH)–C–C–N with tert-alkyl or cyclic N) is 1. The fraction of sp³-hybridized carbons (Fsp3) is 0.931. The Hall–Kier alpha value is -0.420. The Labute approximate surface area is 199 Å². The molecule has 0 aromatic heterocycles. The fourth-order valence-corrected chi connectivity index (χ4v) is 12.3. The number of nitrogens with zero attached hydrogens (tertiary/aromatic N) is 1. The second-order valence-electron chi connectivity index (χ2n) is 14.2. The third-order valence-electron chi connectivity index (χ3n) is 13.4. The Morgan fingerprint density at radius 1 is 1.15 bits per heavy atom. The highest BCUT2D eigenvalue weighted by molar-refractivity contribution is 5.42. The number of fused-ring (bicyclic) bond motifs is 6. The van der Waals surface area contributed by atoms with Crippen molar-refractivity contribution in [3.05, 3.63) is 11.6 Å². The van der Waals surface area contributed by atoms with Crippen molar-refractivity contribution in [2.24, 2.45) is 45.8 Å². The summed E-state index contributed by atoms with van der Waals surface area (Å²) < 4.78 is 7.28. The maximum absolute atomic E-state index is 10.4. The van der Waals surface area contributed by atoms with E-state index in [1.54, 1.807) is 5.57 Å². The summed E-state index contributed by atoms with van der Waals surface area (Å²) in [6, 6.07) is 0.558. The SMILES string of the molecule is C[C@H]1C[C@H]2OC34CC[C@H]5[C@@H]6CC=C7C[C@@H](O)CC[C@]7(C)[C@H]6CC56CC63C[C@@H]4[C@@H]2N(CCO)C1. The first-order valence-electron chi connectivity index (χ1n) is 14.3. The first kappa shape index (κ1) is 20.7. The minimum absolute atomic E-state index is 0.106. The van der Waals surface area contributed by atoms with Gasteiger partial charge in [-0.3, -0.25) is 4.90 Å². The summed E-state index contributed by atoms with van der Waals surface area (Å²) >= 11 is 0. The quantitative estimate of drug-likeness (QED) is 0.617. The smallest absolute Gasteiger partial charge is 0.0793 e. The van der Waals surface area contributed by atoms with Crippen molar-refractivity contribution in [3.63, 3.8) is 0 Å². The van der Waals surface area contributed by atoms with Gasteiger partial charge in [0.15, 0.2) is 0 Å². The van der Waals surface area contributed by atoms with Crippen LogP contribution in [0.25, 0.3) is 0 Å². The summed E-state index contributed by atoms with van der Waals surface area (Å²) in [7, 11) is 0. The lowest BCUT2D eigenvalue weighted by atomic mass is 9.47. The number of likely N-dealkylation sites (tertiary alicyclic amines) is 1. The number of hydrogen-bond donors (Lipinski definition) is 2. The molecule has 3 spiro atoms. The molecule has 2 heterocycles. The van der Waals surface area contributed by atoms with Crippen LogP contribution in [0.1, 0.15) is 78.1 Å². The molecule has 0 amide bonds. The first-order chi connectivity index (χ1) is 15.9. The molecule has 2 N–H and O–H groups in total. The Morgan fingerprint density at radius 2 is 2.03 bits per heavy atom. The third-order valence-corrected chi connectivity index (χ3v) is 13.4. The maximum atomic E-state index is 10.4. The molecule has 8 aliphatic rings. The highest BCUT2D eigenvalue weighted by Gasteiger charge is 2.91. The van der Waals surface area contributed by atoms with Crippen LogP contribution in [0.5, 0.6) is 0 Å². The van der Waals surface area contributed by atoms with Crippen LogP contribution in [0.4, 0.5) is 0 Å². The topological polar surface area (TPSA) is 52.9 Å². The first-order valence-corrected chi connectivity index (χ1v) is 14.3. The Bertz CT molecular complexity index is 919. The van der Waals surface area contributed by atoms with E-state index in [0.29, 0.717) is 40.2 Å². The molecule has 4 nitrogen and oxygen atoms in total. The summed E-state index contributed by atoms with van der Waals surface area (Å²) in [5, 5.41) is 20.1. The number of hydrogen-bond acceptors (Lipinski definition) is 4. The van der Waals surface area contributed by atoms with Crippen LogP contribution in [0.3, 0.4) is 0 Å². The Morgan fingerprint density at radius 3 is 2.88 bits per heavy atom. The molecule has 0 bridgehead atoms. The van der Waals surface area contributed by atoms with Crippen molar-refractivity contribution in [3.8, 4) is 0 Å². The minimum atomic E-state index is -0.106. The van der Waals surface area contributed by atoms with Crippen molar-refractivity contribution in [2.75, 3.05) is 19.7 Å². The van der Waals surface area contributed by atoms with Crippen molar-refractivity contribution in [1.82, 2.24) is 4.90 Å².